The third-order valence-electron chi connectivity index (χ3n) is 1.95. The molecule has 6 nitrogen and oxygen atoms in total. The van der Waals surface area contributed by atoms with E-state index in [0.717, 1.165) is 0 Å². The SMILES string of the molecule is CC(O)(CNC(=O)c1ccoc1)CC(=O)O. The van der Waals surface area contributed by atoms with E-state index < -0.39 is 23.9 Å². The molecule has 0 radical (unpaired) electrons. The Kier molecular flexibility index (Phi) is 3.68. The Labute approximate surface area is 91.9 Å². The van der Waals surface area contributed by atoms with Crippen LogP contribution in [-0.4, -0.2) is 34.2 Å². The molecule has 1 aromatic rings. The summed E-state index contributed by atoms with van der Waals surface area (Å²) >= 11 is 0. The fourth-order valence-electron chi connectivity index (χ4n) is 1.15. The second-order valence-corrected chi connectivity index (χ2v) is 3.76. The van der Waals surface area contributed by atoms with Crippen LogP contribution in [0.25, 0.3) is 0 Å². The van der Waals surface area contributed by atoms with Crippen molar-refractivity contribution in [2.45, 2.75) is 18.9 Å². The van der Waals surface area contributed by atoms with Gasteiger partial charge < -0.3 is 19.9 Å². The number of hydrogen-bond acceptors (Lipinski definition) is 4. The predicted molar refractivity (Wildman–Crippen MR) is 53.9 cm³/mol. The number of aliphatic hydroxyl groups is 1. The van der Waals surface area contributed by atoms with Gasteiger partial charge in [0.1, 0.15) is 6.26 Å². The molecule has 1 rings (SSSR count). The van der Waals surface area contributed by atoms with Crippen LogP contribution < -0.4 is 5.32 Å². The van der Waals surface area contributed by atoms with Gasteiger partial charge in [0.15, 0.2) is 0 Å². The number of aliphatic carboxylic acids is 1. The van der Waals surface area contributed by atoms with Gasteiger partial charge in [0, 0.05) is 6.54 Å². The average molecular weight is 227 g/mol. The van der Waals surface area contributed by atoms with Gasteiger partial charge in [-0.15, -0.1) is 0 Å². The number of carboxylic acid groups (broad SMARTS) is 1. The highest BCUT2D eigenvalue weighted by Gasteiger charge is 2.25. The number of carbonyl (C=O) groups is 2. The molecule has 1 aromatic heterocycles. The Morgan fingerprint density at radius 1 is 1.56 bits per heavy atom. The molecular weight excluding hydrogens is 214 g/mol. The number of amides is 1. The van der Waals surface area contributed by atoms with E-state index in [4.69, 9.17) is 9.52 Å². The number of carboxylic acids is 1. The Balaban J connectivity index is 2.45. The van der Waals surface area contributed by atoms with Gasteiger partial charge in [0.2, 0.25) is 0 Å². The zero-order chi connectivity index (χ0) is 12.2. The monoisotopic (exact) mass is 227 g/mol. The number of furan rings is 1. The summed E-state index contributed by atoms with van der Waals surface area (Å²) < 4.78 is 4.71. The Bertz CT molecular complexity index is 369. The van der Waals surface area contributed by atoms with Crippen molar-refractivity contribution in [2.75, 3.05) is 6.54 Å². The molecule has 0 aromatic carbocycles. The zero-order valence-electron chi connectivity index (χ0n) is 8.77. The van der Waals surface area contributed by atoms with Crippen LogP contribution in [0, 0.1) is 0 Å². The van der Waals surface area contributed by atoms with Gasteiger partial charge in [0.25, 0.3) is 5.91 Å². The smallest absolute Gasteiger partial charge is 0.306 e. The Hall–Kier alpha value is -1.82. The van der Waals surface area contributed by atoms with Gasteiger partial charge in [-0.2, -0.15) is 0 Å². The molecule has 1 atom stereocenters. The highest BCUT2D eigenvalue weighted by molar-refractivity contribution is 5.93. The molecular formula is C10H13NO5. The van der Waals surface area contributed by atoms with E-state index in [2.05, 4.69) is 5.32 Å². The molecule has 0 bridgehead atoms. The van der Waals surface area contributed by atoms with Gasteiger partial charge in [-0.25, -0.2) is 0 Å². The van der Waals surface area contributed by atoms with E-state index in [1.54, 1.807) is 0 Å². The number of rotatable bonds is 5. The van der Waals surface area contributed by atoms with Crippen molar-refractivity contribution in [3.05, 3.63) is 24.2 Å². The van der Waals surface area contributed by atoms with Gasteiger partial charge in [0.05, 0.1) is 23.8 Å². The summed E-state index contributed by atoms with van der Waals surface area (Å²) in [5.74, 6) is -1.54. The van der Waals surface area contributed by atoms with E-state index >= 15 is 0 Å². The van der Waals surface area contributed by atoms with Crippen molar-refractivity contribution in [3.63, 3.8) is 0 Å². The number of carbonyl (C=O) groups excluding carboxylic acids is 1. The van der Waals surface area contributed by atoms with Crippen LogP contribution in [0.4, 0.5) is 0 Å². The van der Waals surface area contributed by atoms with Crippen LogP contribution >= 0.6 is 0 Å². The lowest BCUT2D eigenvalue weighted by Crippen LogP contribution is -2.42. The molecule has 0 aliphatic heterocycles. The van der Waals surface area contributed by atoms with Crippen molar-refractivity contribution < 1.29 is 24.2 Å². The number of nitrogens with one attached hydrogen (secondary N) is 1. The van der Waals surface area contributed by atoms with Crippen LogP contribution in [-0.2, 0) is 4.79 Å². The molecule has 88 valence electrons. The van der Waals surface area contributed by atoms with Gasteiger partial charge in [-0.1, -0.05) is 0 Å². The van der Waals surface area contributed by atoms with Gasteiger partial charge in [-0.05, 0) is 13.0 Å². The molecule has 0 fully saturated rings. The molecule has 0 aliphatic rings. The van der Waals surface area contributed by atoms with Crippen molar-refractivity contribution in [3.8, 4) is 0 Å². The largest absolute Gasteiger partial charge is 0.481 e. The van der Waals surface area contributed by atoms with Crippen molar-refractivity contribution in [2.24, 2.45) is 0 Å². The fourth-order valence-corrected chi connectivity index (χ4v) is 1.15. The van der Waals surface area contributed by atoms with E-state index in [-0.39, 0.29) is 6.54 Å². The minimum atomic E-state index is -1.47. The molecule has 3 N–H and O–H groups in total. The third kappa shape index (κ3) is 3.74. The molecule has 0 saturated heterocycles. The molecule has 1 unspecified atom stereocenters. The summed E-state index contributed by atoms with van der Waals surface area (Å²) in [5.41, 5.74) is -1.14. The molecule has 0 spiro atoms. The summed E-state index contributed by atoms with van der Waals surface area (Å²) in [5, 5.41) is 20.5. The maximum Gasteiger partial charge on any atom is 0.306 e. The Morgan fingerprint density at radius 3 is 2.75 bits per heavy atom. The van der Waals surface area contributed by atoms with E-state index in [1.807, 2.05) is 0 Å². The first-order valence-corrected chi connectivity index (χ1v) is 4.65. The maximum atomic E-state index is 11.4. The first kappa shape index (κ1) is 12.3. The quantitative estimate of drug-likeness (QED) is 0.668. The minimum Gasteiger partial charge on any atom is -0.481 e. The first-order chi connectivity index (χ1) is 7.41. The summed E-state index contributed by atoms with van der Waals surface area (Å²) in [4.78, 5) is 21.8. The van der Waals surface area contributed by atoms with Crippen LogP contribution in [0.3, 0.4) is 0 Å². The molecule has 0 aliphatic carbocycles. The molecule has 1 amide bonds. The topological polar surface area (TPSA) is 99.8 Å². The van der Waals surface area contributed by atoms with Crippen molar-refractivity contribution in [1.82, 2.24) is 5.32 Å². The summed E-state index contributed by atoms with van der Waals surface area (Å²) in [7, 11) is 0. The van der Waals surface area contributed by atoms with Crippen LogP contribution in [0.5, 0.6) is 0 Å². The standard InChI is InChI=1S/C10H13NO5/c1-10(15,4-8(12)13)6-11-9(14)7-2-3-16-5-7/h2-3,5,15H,4,6H2,1H3,(H,11,14)(H,12,13). The van der Waals surface area contributed by atoms with E-state index in [9.17, 15) is 14.7 Å². The predicted octanol–water partition coefficient (Wildman–Crippen LogP) is 0.235. The molecule has 6 heteroatoms. The van der Waals surface area contributed by atoms with Crippen LogP contribution in [0.2, 0.25) is 0 Å². The third-order valence-corrected chi connectivity index (χ3v) is 1.95. The summed E-state index contributed by atoms with van der Waals surface area (Å²) in [6.07, 6.45) is 2.18. The van der Waals surface area contributed by atoms with Crippen molar-refractivity contribution >= 4 is 11.9 Å². The number of hydrogen-bond donors (Lipinski definition) is 3. The lowest BCUT2D eigenvalue weighted by Gasteiger charge is -2.21. The van der Waals surface area contributed by atoms with Crippen LogP contribution in [0.15, 0.2) is 23.0 Å². The van der Waals surface area contributed by atoms with E-state index in [0.29, 0.717) is 5.56 Å². The highest BCUT2D eigenvalue weighted by Crippen LogP contribution is 2.08. The summed E-state index contributed by atoms with van der Waals surface area (Å²) in [6.45, 7) is 1.21. The molecule has 1 heterocycles. The molecule has 0 saturated carbocycles. The van der Waals surface area contributed by atoms with Gasteiger partial charge >= 0.3 is 5.97 Å². The zero-order valence-corrected chi connectivity index (χ0v) is 8.77. The maximum absolute atomic E-state index is 11.4. The molecule has 16 heavy (non-hydrogen) atoms. The Morgan fingerprint density at radius 2 is 2.25 bits per heavy atom. The average Bonchev–Trinajstić information content (AvgIpc) is 2.64. The highest BCUT2D eigenvalue weighted by atomic mass is 16.4. The second-order valence-electron chi connectivity index (χ2n) is 3.76. The lowest BCUT2D eigenvalue weighted by atomic mass is 10.0. The first-order valence-electron chi connectivity index (χ1n) is 4.65. The minimum absolute atomic E-state index is 0.136. The lowest BCUT2D eigenvalue weighted by molar-refractivity contribution is -0.141. The second kappa shape index (κ2) is 4.80. The van der Waals surface area contributed by atoms with Gasteiger partial charge in [-0.3, -0.25) is 9.59 Å². The van der Waals surface area contributed by atoms with E-state index in [1.165, 1.54) is 25.5 Å². The fraction of sp³-hybridized carbons (Fsp3) is 0.400. The van der Waals surface area contributed by atoms with Crippen LogP contribution in [0.1, 0.15) is 23.7 Å². The summed E-state index contributed by atoms with van der Waals surface area (Å²) in [6, 6.07) is 1.47. The normalized spacial score (nSPS) is 14.1. The van der Waals surface area contributed by atoms with Crippen molar-refractivity contribution in [1.29, 1.82) is 0 Å².